The number of carbonyl (C=O) groups excluding carboxylic acids is 2. The van der Waals surface area contributed by atoms with Gasteiger partial charge in [-0.2, -0.15) is 19.0 Å². The highest BCUT2D eigenvalue weighted by atomic mass is 35.5. The van der Waals surface area contributed by atoms with E-state index in [2.05, 4.69) is 30.2 Å². The second-order valence-corrected chi connectivity index (χ2v) is 11.9. The molecule has 12 nitrogen and oxygen atoms in total. The smallest absolute Gasteiger partial charge is 0.387 e. The van der Waals surface area contributed by atoms with E-state index in [1.165, 1.54) is 46.0 Å². The van der Waals surface area contributed by atoms with Crippen molar-refractivity contribution in [3.8, 4) is 17.0 Å². The van der Waals surface area contributed by atoms with Gasteiger partial charge in [-0.1, -0.05) is 11.6 Å². The first kappa shape index (κ1) is 31.8. The van der Waals surface area contributed by atoms with Gasteiger partial charge in [-0.15, -0.1) is 0 Å². The van der Waals surface area contributed by atoms with Gasteiger partial charge in [0.25, 0.3) is 5.91 Å². The summed E-state index contributed by atoms with van der Waals surface area (Å²) in [6, 6.07) is 6.00. The fourth-order valence-electron chi connectivity index (χ4n) is 5.43. The van der Waals surface area contributed by atoms with Gasteiger partial charge in [0, 0.05) is 62.2 Å². The number of anilines is 1. The molecule has 0 bridgehead atoms. The monoisotopic (exact) mass is 639 g/mol. The van der Waals surface area contributed by atoms with Gasteiger partial charge in [0.1, 0.15) is 23.6 Å². The van der Waals surface area contributed by atoms with E-state index in [0.29, 0.717) is 25.3 Å². The number of hydrogen-bond donors (Lipinski definition) is 1. The summed E-state index contributed by atoms with van der Waals surface area (Å²) < 4.78 is 34.1. The Balaban J connectivity index is 1.38. The first-order chi connectivity index (χ1) is 21.4. The minimum Gasteiger partial charge on any atom is -0.434 e. The first-order valence-electron chi connectivity index (χ1n) is 14.2. The summed E-state index contributed by atoms with van der Waals surface area (Å²) in [5.74, 6) is -0.958. The van der Waals surface area contributed by atoms with Gasteiger partial charge in [-0.05, 0) is 44.2 Å². The van der Waals surface area contributed by atoms with Crippen molar-refractivity contribution in [1.29, 1.82) is 0 Å². The zero-order valence-corrected chi connectivity index (χ0v) is 25.7. The Labute approximate surface area is 263 Å². The topological polar surface area (TPSA) is 114 Å². The number of nitrogens with zero attached hydrogens (tertiary/aromatic N) is 8. The number of alkyl halides is 2. The molecule has 5 rings (SSSR count). The molecule has 1 aromatic carbocycles. The number of fused-ring (bicyclic) bond motifs is 1. The lowest BCUT2D eigenvalue weighted by molar-refractivity contribution is -0.133. The average Bonchev–Trinajstić information content (AvgIpc) is 3.61. The molecule has 1 aliphatic rings. The lowest BCUT2D eigenvalue weighted by Crippen LogP contribution is -2.48. The third-order valence-electron chi connectivity index (χ3n) is 7.62. The Morgan fingerprint density at radius 3 is 2.76 bits per heavy atom. The highest BCUT2D eigenvalue weighted by molar-refractivity contribution is 6.31. The van der Waals surface area contributed by atoms with Gasteiger partial charge in [0.05, 0.1) is 18.4 Å². The number of benzene rings is 1. The molecule has 236 valence electrons. The van der Waals surface area contributed by atoms with Crippen molar-refractivity contribution in [3.05, 3.63) is 71.1 Å². The molecule has 0 unspecified atom stereocenters. The van der Waals surface area contributed by atoms with E-state index in [4.69, 9.17) is 22.9 Å². The summed E-state index contributed by atoms with van der Waals surface area (Å²) in [5.41, 5.74) is 0.336. The molecule has 4 aromatic rings. The van der Waals surface area contributed by atoms with Gasteiger partial charge < -0.3 is 19.8 Å². The number of hydrogen-bond acceptors (Lipinski definition) is 7. The van der Waals surface area contributed by atoms with Crippen molar-refractivity contribution < 1.29 is 23.1 Å². The molecular weight excluding hydrogens is 608 g/mol. The zero-order valence-electron chi connectivity index (χ0n) is 25.0. The van der Waals surface area contributed by atoms with E-state index >= 15 is 0 Å². The zero-order chi connectivity index (χ0) is 32.3. The molecule has 2 amide bonds. The summed E-state index contributed by atoms with van der Waals surface area (Å²) >= 11 is 6.22. The summed E-state index contributed by atoms with van der Waals surface area (Å²) in [4.78, 5) is 38.5. The van der Waals surface area contributed by atoms with E-state index < -0.39 is 18.1 Å². The second kappa shape index (κ2) is 13.2. The Hall–Kier alpha value is -4.61. The van der Waals surface area contributed by atoms with Crippen LogP contribution in [0.3, 0.4) is 0 Å². The molecule has 0 spiro atoms. The van der Waals surface area contributed by atoms with Crippen LogP contribution in [0.2, 0.25) is 5.02 Å². The van der Waals surface area contributed by atoms with Gasteiger partial charge in [0.15, 0.2) is 5.65 Å². The number of carbonyl (C=O) groups is 2. The molecule has 1 N–H and O–H groups in total. The van der Waals surface area contributed by atoms with Crippen LogP contribution in [0, 0.1) is 6.57 Å². The summed E-state index contributed by atoms with van der Waals surface area (Å²) in [6.07, 6.45) is 7.50. The number of piperidine rings is 1. The third kappa shape index (κ3) is 7.38. The van der Waals surface area contributed by atoms with Crippen LogP contribution in [-0.2, 0) is 11.3 Å². The van der Waals surface area contributed by atoms with E-state index in [9.17, 15) is 18.4 Å². The second-order valence-electron chi connectivity index (χ2n) is 11.5. The number of aromatic nitrogens is 5. The van der Waals surface area contributed by atoms with Crippen molar-refractivity contribution in [2.75, 3.05) is 32.0 Å². The standard InChI is InChI=1S/C30H32ClF2N9O3/c1-30(2,34-3)18-39(4)20-8-12-40(13-9-20)25(43)17-41-16-23(37-28(44)22-15-36-42-11-5-10-35-27(22)42)26(38-41)21-14-19(31)6-7-24(21)45-29(32)33/h5-7,10-11,14-16,20,29H,8-9,12-13,17-18H2,1-2,4H3,(H,37,44). The number of amides is 2. The first-order valence-corrected chi connectivity index (χ1v) is 14.6. The van der Waals surface area contributed by atoms with Crippen molar-refractivity contribution in [2.24, 2.45) is 0 Å². The minimum atomic E-state index is -3.12. The molecular formula is C30H32ClF2N9O3. The van der Waals surface area contributed by atoms with Crippen LogP contribution in [0.1, 0.15) is 37.0 Å². The van der Waals surface area contributed by atoms with Crippen molar-refractivity contribution >= 4 is 34.7 Å². The van der Waals surface area contributed by atoms with E-state index in [-0.39, 0.29) is 51.8 Å². The van der Waals surface area contributed by atoms with E-state index in [1.54, 1.807) is 17.2 Å². The number of halogens is 3. The van der Waals surface area contributed by atoms with Gasteiger partial charge >= 0.3 is 6.61 Å². The molecule has 0 atom stereocenters. The maximum atomic E-state index is 13.4. The third-order valence-corrected chi connectivity index (χ3v) is 7.86. The Morgan fingerprint density at radius 1 is 1.29 bits per heavy atom. The van der Waals surface area contributed by atoms with Gasteiger partial charge in [-0.25, -0.2) is 16.1 Å². The maximum Gasteiger partial charge on any atom is 0.387 e. The number of rotatable bonds is 10. The van der Waals surface area contributed by atoms with Crippen molar-refractivity contribution in [3.63, 3.8) is 0 Å². The fraction of sp³-hybridized carbons (Fsp3) is 0.400. The van der Waals surface area contributed by atoms with Crippen LogP contribution in [0.5, 0.6) is 5.75 Å². The van der Waals surface area contributed by atoms with Crippen LogP contribution in [0.25, 0.3) is 21.7 Å². The quantitative estimate of drug-likeness (QED) is 0.250. The maximum absolute atomic E-state index is 13.4. The number of ether oxygens (including phenoxy) is 1. The van der Waals surface area contributed by atoms with Gasteiger partial charge in [-0.3, -0.25) is 19.2 Å². The lowest BCUT2D eigenvalue weighted by atomic mass is 10.00. The molecule has 15 heteroatoms. The van der Waals surface area contributed by atoms with E-state index in [1.807, 2.05) is 20.9 Å². The number of likely N-dealkylation sites (N-methyl/N-ethyl adjacent to an activating group) is 1. The largest absolute Gasteiger partial charge is 0.434 e. The molecule has 45 heavy (non-hydrogen) atoms. The van der Waals surface area contributed by atoms with Crippen LogP contribution in [-0.4, -0.2) is 90.9 Å². The SMILES string of the molecule is [C-]#[N+]C(C)(C)CN(C)C1CCN(C(=O)Cn2cc(NC(=O)c3cnn4cccnc34)c(-c3cc(Cl)ccc3OC(F)F)n2)CC1. The van der Waals surface area contributed by atoms with Crippen LogP contribution in [0.15, 0.2) is 49.1 Å². The normalized spacial score (nSPS) is 14.2. The summed E-state index contributed by atoms with van der Waals surface area (Å²) in [7, 11) is 2.00. The lowest BCUT2D eigenvalue weighted by Gasteiger charge is -2.37. The minimum absolute atomic E-state index is 0.0847. The molecule has 1 fully saturated rings. The van der Waals surface area contributed by atoms with Crippen LogP contribution in [0.4, 0.5) is 14.5 Å². The molecule has 3 aromatic heterocycles. The van der Waals surface area contributed by atoms with E-state index in [0.717, 1.165) is 12.8 Å². The highest BCUT2D eigenvalue weighted by Crippen LogP contribution is 2.37. The molecule has 0 saturated carbocycles. The predicted octanol–water partition coefficient (Wildman–Crippen LogP) is 4.72. The fourth-order valence-corrected chi connectivity index (χ4v) is 5.60. The number of likely N-dealkylation sites (tertiary alicyclic amines) is 1. The Kier molecular flexibility index (Phi) is 9.31. The van der Waals surface area contributed by atoms with Crippen molar-refractivity contribution in [1.82, 2.24) is 34.2 Å². The summed E-state index contributed by atoms with van der Waals surface area (Å²) in [5, 5.41) is 11.6. The molecule has 0 aliphatic carbocycles. The molecule has 4 heterocycles. The molecule has 1 aliphatic heterocycles. The predicted molar refractivity (Wildman–Crippen MR) is 163 cm³/mol. The molecule has 0 radical (unpaired) electrons. The Bertz CT molecular complexity index is 1740. The number of nitrogens with one attached hydrogen (secondary N) is 1. The van der Waals surface area contributed by atoms with Crippen LogP contribution >= 0.6 is 11.6 Å². The average molecular weight is 640 g/mol. The summed E-state index contributed by atoms with van der Waals surface area (Å²) in [6.45, 7) is 9.64. The van der Waals surface area contributed by atoms with Gasteiger partial charge in [0.2, 0.25) is 11.4 Å². The Morgan fingerprint density at radius 2 is 2.04 bits per heavy atom. The van der Waals surface area contributed by atoms with Crippen LogP contribution < -0.4 is 10.1 Å². The highest BCUT2D eigenvalue weighted by Gasteiger charge is 2.31. The van der Waals surface area contributed by atoms with Crippen molar-refractivity contribution in [2.45, 2.75) is 51.4 Å². The molecule has 1 saturated heterocycles.